The summed E-state index contributed by atoms with van der Waals surface area (Å²) in [5.41, 5.74) is 6.20. The zero-order chi connectivity index (χ0) is 14.2. The minimum absolute atomic E-state index is 0.0651. The van der Waals surface area contributed by atoms with Crippen molar-refractivity contribution in [3.63, 3.8) is 0 Å². The number of benzene rings is 1. The van der Waals surface area contributed by atoms with Crippen LogP contribution in [0, 0.1) is 0 Å². The van der Waals surface area contributed by atoms with Gasteiger partial charge < -0.3 is 4.90 Å². The molecule has 4 nitrogen and oxygen atoms in total. The van der Waals surface area contributed by atoms with E-state index in [1.54, 1.807) is 11.3 Å². The van der Waals surface area contributed by atoms with Gasteiger partial charge in [0.1, 0.15) is 6.54 Å². The van der Waals surface area contributed by atoms with Gasteiger partial charge >= 0.3 is 0 Å². The average Bonchev–Trinajstić information content (AvgIpc) is 2.99. The molecule has 0 atom stereocenters. The van der Waals surface area contributed by atoms with Crippen LogP contribution in [-0.2, 0) is 11.2 Å². The lowest BCUT2D eigenvalue weighted by molar-refractivity contribution is -0.126. The Balaban J connectivity index is 2.01. The predicted molar refractivity (Wildman–Crippen MR) is 84.1 cm³/mol. The van der Waals surface area contributed by atoms with Gasteiger partial charge in [-0.3, -0.25) is 14.8 Å². The minimum atomic E-state index is 0.0651. The SMILES string of the molecule is O=C1CN=CC(c2cncs2)=C2c3ccccc3CCN12. The summed E-state index contributed by atoms with van der Waals surface area (Å²) in [6.45, 7) is 0.935. The van der Waals surface area contributed by atoms with Gasteiger partial charge in [0, 0.05) is 30.1 Å². The van der Waals surface area contributed by atoms with Crippen LogP contribution in [0.15, 0.2) is 41.0 Å². The molecule has 0 bridgehead atoms. The van der Waals surface area contributed by atoms with Gasteiger partial charge in [0.25, 0.3) is 0 Å². The summed E-state index contributed by atoms with van der Waals surface area (Å²) in [7, 11) is 0. The van der Waals surface area contributed by atoms with Crippen LogP contribution < -0.4 is 0 Å². The van der Waals surface area contributed by atoms with Crippen molar-refractivity contribution in [3.05, 3.63) is 52.0 Å². The molecule has 0 saturated carbocycles. The van der Waals surface area contributed by atoms with Crippen molar-refractivity contribution in [2.45, 2.75) is 6.42 Å². The second-order valence-electron chi connectivity index (χ2n) is 5.05. The third-order valence-electron chi connectivity index (χ3n) is 3.85. The van der Waals surface area contributed by atoms with E-state index < -0.39 is 0 Å². The normalized spacial score (nSPS) is 17.5. The van der Waals surface area contributed by atoms with Gasteiger partial charge in [0.2, 0.25) is 5.91 Å². The number of aromatic nitrogens is 1. The number of nitrogens with zero attached hydrogens (tertiary/aromatic N) is 3. The van der Waals surface area contributed by atoms with Gasteiger partial charge in [0.05, 0.1) is 16.1 Å². The largest absolute Gasteiger partial charge is 0.309 e. The Hall–Kier alpha value is -2.27. The van der Waals surface area contributed by atoms with E-state index in [0.29, 0.717) is 0 Å². The van der Waals surface area contributed by atoms with Gasteiger partial charge in [-0.05, 0) is 12.0 Å². The zero-order valence-corrected chi connectivity index (χ0v) is 12.1. The number of amides is 1. The van der Waals surface area contributed by atoms with Gasteiger partial charge in [0.15, 0.2) is 0 Å². The number of carbonyl (C=O) groups is 1. The number of aliphatic imine (C=N–C) groups is 1. The number of rotatable bonds is 1. The molecule has 1 aromatic carbocycles. The highest BCUT2D eigenvalue weighted by Gasteiger charge is 2.29. The molecular weight excluding hydrogens is 282 g/mol. The van der Waals surface area contributed by atoms with E-state index >= 15 is 0 Å². The standard InChI is InChI=1S/C16H13N3OS/c20-15-9-17-7-13(14-8-18-10-21-14)16-12-4-2-1-3-11(12)5-6-19(15)16/h1-4,7-8,10H,5-6,9H2. The van der Waals surface area contributed by atoms with Crippen molar-refractivity contribution < 1.29 is 4.79 Å². The van der Waals surface area contributed by atoms with Crippen LogP contribution in [0.4, 0.5) is 0 Å². The van der Waals surface area contributed by atoms with Crippen LogP contribution in [0.25, 0.3) is 11.3 Å². The average molecular weight is 295 g/mol. The molecule has 104 valence electrons. The monoisotopic (exact) mass is 295 g/mol. The van der Waals surface area contributed by atoms with Crippen LogP contribution in [0.5, 0.6) is 0 Å². The highest BCUT2D eigenvalue weighted by atomic mass is 32.1. The predicted octanol–water partition coefficient (Wildman–Crippen LogP) is 2.48. The first-order valence-corrected chi connectivity index (χ1v) is 7.74. The molecule has 3 heterocycles. The molecule has 2 aliphatic heterocycles. The highest BCUT2D eigenvalue weighted by Crippen LogP contribution is 2.36. The van der Waals surface area contributed by atoms with E-state index in [0.717, 1.165) is 34.7 Å². The van der Waals surface area contributed by atoms with Gasteiger partial charge in [-0.1, -0.05) is 24.3 Å². The minimum Gasteiger partial charge on any atom is -0.309 e. The van der Waals surface area contributed by atoms with E-state index in [1.165, 1.54) is 5.56 Å². The Morgan fingerprint density at radius 3 is 3.00 bits per heavy atom. The lowest BCUT2D eigenvalue weighted by atomic mass is 9.93. The van der Waals surface area contributed by atoms with E-state index in [2.05, 4.69) is 22.1 Å². The van der Waals surface area contributed by atoms with Crippen molar-refractivity contribution in [1.82, 2.24) is 9.88 Å². The molecule has 1 amide bonds. The molecule has 0 fully saturated rings. The van der Waals surface area contributed by atoms with Crippen LogP contribution in [-0.4, -0.2) is 35.1 Å². The van der Waals surface area contributed by atoms with Crippen LogP contribution >= 0.6 is 11.3 Å². The molecule has 2 aliphatic rings. The summed E-state index contributed by atoms with van der Waals surface area (Å²) >= 11 is 1.57. The third-order valence-corrected chi connectivity index (χ3v) is 4.65. The number of allylic oxidation sites excluding steroid dienone is 1. The van der Waals surface area contributed by atoms with Gasteiger partial charge in [-0.15, -0.1) is 11.3 Å². The fourth-order valence-electron chi connectivity index (χ4n) is 2.89. The number of fused-ring (bicyclic) bond motifs is 3. The van der Waals surface area contributed by atoms with Crippen molar-refractivity contribution in [1.29, 1.82) is 0 Å². The van der Waals surface area contributed by atoms with Gasteiger partial charge in [-0.25, -0.2) is 0 Å². The Kier molecular flexibility index (Phi) is 2.93. The Morgan fingerprint density at radius 1 is 1.24 bits per heavy atom. The number of hydrogen-bond donors (Lipinski definition) is 0. The summed E-state index contributed by atoms with van der Waals surface area (Å²) in [6.07, 6.45) is 4.55. The molecule has 2 aromatic rings. The molecule has 0 radical (unpaired) electrons. The third kappa shape index (κ3) is 2.01. The first-order valence-electron chi connectivity index (χ1n) is 6.86. The fraction of sp³-hybridized carbons (Fsp3) is 0.188. The summed E-state index contributed by atoms with van der Waals surface area (Å²) in [5, 5.41) is 0. The molecule has 0 aliphatic carbocycles. The molecule has 4 rings (SSSR count). The van der Waals surface area contributed by atoms with E-state index in [9.17, 15) is 4.79 Å². The lowest BCUT2D eigenvalue weighted by Gasteiger charge is -2.31. The second kappa shape index (κ2) is 4.93. The molecular formula is C16H13N3OS. The molecule has 0 spiro atoms. The lowest BCUT2D eigenvalue weighted by Crippen LogP contribution is -2.36. The Labute approximate surface area is 126 Å². The smallest absolute Gasteiger partial charge is 0.248 e. The van der Waals surface area contributed by atoms with Crippen molar-refractivity contribution in [2.24, 2.45) is 4.99 Å². The van der Waals surface area contributed by atoms with E-state index in [1.807, 2.05) is 35.0 Å². The summed E-state index contributed by atoms with van der Waals surface area (Å²) in [5.74, 6) is 0.0651. The second-order valence-corrected chi connectivity index (χ2v) is 5.94. The van der Waals surface area contributed by atoms with Crippen LogP contribution in [0.1, 0.15) is 16.0 Å². The summed E-state index contributed by atoms with van der Waals surface area (Å²) in [4.78, 5) is 23.7. The summed E-state index contributed by atoms with van der Waals surface area (Å²) < 4.78 is 0. The number of thiazole rings is 1. The first kappa shape index (κ1) is 12.5. The van der Waals surface area contributed by atoms with Crippen LogP contribution in [0.2, 0.25) is 0 Å². The Bertz CT molecular complexity index is 762. The molecule has 0 saturated heterocycles. The van der Waals surface area contributed by atoms with E-state index in [4.69, 9.17) is 0 Å². The molecule has 21 heavy (non-hydrogen) atoms. The molecule has 5 heteroatoms. The van der Waals surface area contributed by atoms with Crippen LogP contribution in [0.3, 0.4) is 0 Å². The fourth-order valence-corrected chi connectivity index (χ4v) is 3.52. The maximum Gasteiger partial charge on any atom is 0.248 e. The zero-order valence-electron chi connectivity index (χ0n) is 11.3. The molecule has 0 unspecified atom stereocenters. The quantitative estimate of drug-likeness (QED) is 0.811. The van der Waals surface area contributed by atoms with E-state index in [-0.39, 0.29) is 12.5 Å². The highest BCUT2D eigenvalue weighted by molar-refractivity contribution is 7.11. The molecule has 0 N–H and O–H groups in total. The van der Waals surface area contributed by atoms with Crippen molar-refractivity contribution in [2.75, 3.05) is 13.1 Å². The van der Waals surface area contributed by atoms with Gasteiger partial charge in [-0.2, -0.15) is 0 Å². The maximum atomic E-state index is 12.3. The number of hydrogen-bond acceptors (Lipinski definition) is 4. The summed E-state index contributed by atoms with van der Waals surface area (Å²) in [6, 6.07) is 8.29. The maximum absolute atomic E-state index is 12.3. The number of carbonyl (C=O) groups excluding carboxylic acids is 1. The first-order chi connectivity index (χ1) is 10.3. The topological polar surface area (TPSA) is 45.6 Å². The Morgan fingerprint density at radius 2 is 2.14 bits per heavy atom. The van der Waals surface area contributed by atoms with Crippen molar-refractivity contribution in [3.8, 4) is 0 Å². The van der Waals surface area contributed by atoms with Crippen molar-refractivity contribution >= 4 is 34.7 Å². The molecule has 1 aromatic heterocycles.